The zero-order valence-electron chi connectivity index (χ0n) is 21.5. The molecule has 1 aliphatic carbocycles. The summed E-state index contributed by atoms with van der Waals surface area (Å²) in [6, 6.07) is 3.32. The van der Waals surface area contributed by atoms with E-state index >= 15 is 0 Å². The van der Waals surface area contributed by atoms with E-state index in [0.29, 0.717) is 34.4 Å². The second-order valence-corrected chi connectivity index (χ2v) is 8.75. The first kappa shape index (κ1) is 26.2. The van der Waals surface area contributed by atoms with Crippen LogP contribution in [0.1, 0.15) is 44.9 Å². The number of aromatic hydroxyl groups is 1. The first-order chi connectivity index (χ1) is 16.6. The van der Waals surface area contributed by atoms with Crippen molar-refractivity contribution in [1.29, 1.82) is 0 Å². The van der Waals surface area contributed by atoms with Crippen molar-refractivity contribution in [3.63, 3.8) is 0 Å². The molecule has 2 aromatic rings. The SMILES string of the molecule is CC=C(C)C(=O)Oc1c(OC)c(OC)cc2c1-c1c(cc(O)c(OC)c1OC)[C@H](O)[C@H](C)[C@H](C)C2. The fraction of sp³-hybridized carbons (Fsp3) is 0.444. The molecule has 0 aromatic heterocycles. The van der Waals surface area contributed by atoms with E-state index in [1.807, 2.05) is 19.9 Å². The van der Waals surface area contributed by atoms with Crippen LogP contribution in [0.25, 0.3) is 11.1 Å². The Balaban J connectivity index is 2.56. The molecule has 0 saturated carbocycles. The smallest absolute Gasteiger partial charge is 0.338 e. The monoisotopic (exact) mass is 486 g/mol. The molecule has 0 fully saturated rings. The molecule has 2 N–H and O–H groups in total. The zero-order chi connectivity index (χ0) is 26.0. The maximum absolute atomic E-state index is 12.9. The molecule has 0 heterocycles. The van der Waals surface area contributed by atoms with Crippen LogP contribution in [0.4, 0.5) is 0 Å². The number of allylic oxidation sites excluding steroid dienone is 1. The minimum Gasteiger partial charge on any atom is -0.504 e. The molecule has 1 aliphatic rings. The molecule has 0 bridgehead atoms. The molecule has 0 saturated heterocycles. The number of carbonyl (C=O) groups excluding carboxylic acids is 1. The number of aliphatic hydroxyl groups excluding tert-OH is 1. The van der Waals surface area contributed by atoms with Crippen LogP contribution in [0, 0.1) is 11.8 Å². The lowest BCUT2D eigenvalue weighted by Gasteiger charge is -2.33. The van der Waals surface area contributed by atoms with Gasteiger partial charge in [-0.3, -0.25) is 0 Å². The first-order valence-electron chi connectivity index (χ1n) is 11.4. The molecule has 3 atom stereocenters. The molecule has 0 amide bonds. The zero-order valence-corrected chi connectivity index (χ0v) is 21.5. The van der Waals surface area contributed by atoms with Crippen LogP contribution in [0.5, 0.6) is 34.5 Å². The summed E-state index contributed by atoms with van der Waals surface area (Å²) in [6.45, 7) is 7.39. The predicted molar refractivity (Wildman–Crippen MR) is 132 cm³/mol. The van der Waals surface area contributed by atoms with Gasteiger partial charge in [-0.15, -0.1) is 0 Å². The van der Waals surface area contributed by atoms with Crippen LogP contribution in [-0.2, 0) is 11.2 Å². The average Bonchev–Trinajstić information content (AvgIpc) is 2.85. The maximum Gasteiger partial charge on any atom is 0.338 e. The number of phenolic OH excluding ortho intramolecular Hbond substituents is 1. The van der Waals surface area contributed by atoms with Gasteiger partial charge >= 0.3 is 5.97 Å². The summed E-state index contributed by atoms with van der Waals surface area (Å²) in [4.78, 5) is 12.9. The van der Waals surface area contributed by atoms with Gasteiger partial charge in [0.15, 0.2) is 23.0 Å². The number of rotatable bonds is 6. The van der Waals surface area contributed by atoms with Gasteiger partial charge < -0.3 is 33.9 Å². The lowest BCUT2D eigenvalue weighted by atomic mass is 9.76. The summed E-state index contributed by atoms with van der Waals surface area (Å²) in [5, 5.41) is 22.1. The highest BCUT2D eigenvalue weighted by atomic mass is 16.6. The van der Waals surface area contributed by atoms with E-state index in [1.165, 1.54) is 34.5 Å². The first-order valence-corrected chi connectivity index (χ1v) is 11.4. The molecule has 0 aliphatic heterocycles. The Morgan fingerprint density at radius 3 is 2.11 bits per heavy atom. The van der Waals surface area contributed by atoms with E-state index in [2.05, 4.69) is 0 Å². The van der Waals surface area contributed by atoms with Crippen molar-refractivity contribution in [2.24, 2.45) is 11.8 Å². The van der Waals surface area contributed by atoms with Crippen molar-refractivity contribution in [3.05, 3.63) is 34.9 Å². The number of hydrogen-bond donors (Lipinski definition) is 2. The fourth-order valence-electron chi connectivity index (χ4n) is 4.49. The summed E-state index contributed by atoms with van der Waals surface area (Å²) >= 11 is 0. The summed E-state index contributed by atoms with van der Waals surface area (Å²) < 4.78 is 28.4. The highest BCUT2D eigenvalue weighted by Crippen LogP contribution is 2.57. The Hall–Kier alpha value is -3.39. The highest BCUT2D eigenvalue weighted by Gasteiger charge is 2.37. The fourth-order valence-corrected chi connectivity index (χ4v) is 4.49. The number of methoxy groups -OCH3 is 4. The molecular formula is C27H34O8. The largest absolute Gasteiger partial charge is 0.504 e. The van der Waals surface area contributed by atoms with Crippen molar-refractivity contribution in [3.8, 4) is 45.6 Å². The number of phenols is 1. The van der Waals surface area contributed by atoms with Crippen LogP contribution in [-0.4, -0.2) is 44.6 Å². The summed E-state index contributed by atoms with van der Waals surface area (Å²) in [7, 11) is 5.84. The molecule has 8 heteroatoms. The molecule has 3 rings (SSSR count). The van der Waals surface area contributed by atoms with Gasteiger partial charge in [-0.25, -0.2) is 4.79 Å². The number of ether oxygens (including phenoxy) is 5. The van der Waals surface area contributed by atoms with E-state index < -0.39 is 12.1 Å². The number of aliphatic hydroxyl groups is 1. The van der Waals surface area contributed by atoms with Crippen LogP contribution < -0.4 is 23.7 Å². The highest BCUT2D eigenvalue weighted by molar-refractivity contribution is 5.94. The van der Waals surface area contributed by atoms with E-state index in [0.717, 1.165) is 5.56 Å². The standard InChI is InChI=1S/C27H34O8/c1-9-13(2)27(30)35-26-20-16(11-19(31-5)24(26)33-7)10-14(3)15(4)22(29)17-12-18(28)23(32-6)25(34-8)21(17)20/h9,11-12,14-15,22,28-29H,10H2,1-8H3/t14-,15-,22-/m1/s1. The number of esters is 1. The van der Waals surface area contributed by atoms with Gasteiger partial charge in [0.05, 0.1) is 34.5 Å². The topological polar surface area (TPSA) is 104 Å². The minimum atomic E-state index is -0.937. The lowest BCUT2D eigenvalue weighted by molar-refractivity contribution is -0.130. The minimum absolute atomic E-state index is 0.0334. The molecule has 0 unspecified atom stereocenters. The van der Waals surface area contributed by atoms with E-state index in [-0.39, 0.29) is 40.6 Å². The molecule has 0 spiro atoms. The quantitative estimate of drug-likeness (QED) is 0.340. The molecule has 2 aromatic carbocycles. The molecular weight excluding hydrogens is 452 g/mol. The summed E-state index contributed by atoms with van der Waals surface area (Å²) in [5.74, 6) is 0.200. The summed E-state index contributed by atoms with van der Waals surface area (Å²) in [6.07, 6.45) is 1.27. The van der Waals surface area contributed by atoms with E-state index in [9.17, 15) is 15.0 Å². The second-order valence-electron chi connectivity index (χ2n) is 8.75. The Morgan fingerprint density at radius 2 is 1.57 bits per heavy atom. The van der Waals surface area contributed by atoms with Gasteiger partial charge in [0.25, 0.3) is 0 Å². The van der Waals surface area contributed by atoms with E-state index in [4.69, 9.17) is 23.7 Å². The molecule has 8 nitrogen and oxygen atoms in total. The van der Waals surface area contributed by atoms with Gasteiger partial charge in [0.2, 0.25) is 11.5 Å². The third-order valence-electron chi connectivity index (χ3n) is 6.82. The van der Waals surface area contributed by atoms with Gasteiger partial charge in [0, 0.05) is 16.7 Å². The van der Waals surface area contributed by atoms with Gasteiger partial charge in [-0.05, 0) is 55.4 Å². The maximum atomic E-state index is 12.9. The third kappa shape index (κ3) is 4.50. The van der Waals surface area contributed by atoms with Gasteiger partial charge in [0.1, 0.15) is 0 Å². The molecule has 0 radical (unpaired) electrons. The van der Waals surface area contributed by atoms with Crippen molar-refractivity contribution in [2.75, 3.05) is 28.4 Å². The number of hydrogen-bond acceptors (Lipinski definition) is 8. The third-order valence-corrected chi connectivity index (χ3v) is 6.82. The van der Waals surface area contributed by atoms with E-state index in [1.54, 1.807) is 19.9 Å². The average molecular weight is 487 g/mol. The van der Waals surface area contributed by atoms with Crippen LogP contribution in [0.15, 0.2) is 23.8 Å². The number of benzene rings is 2. The van der Waals surface area contributed by atoms with Crippen LogP contribution in [0.3, 0.4) is 0 Å². The lowest BCUT2D eigenvalue weighted by Crippen LogP contribution is -2.23. The van der Waals surface area contributed by atoms with Gasteiger partial charge in [-0.1, -0.05) is 19.9 Å². The Morgan fingerprint density at radius 1 is 0.943 bits per heavy atom. The molecule has 190 valence electrons. The van der Waals surface area contributed by atoms with Crippen molar-refractivity contribution < 1.29 is 38.7 Å². The van der Waals surface area contributed by atoms with Gasteiger partial charge in [-0.2, -0.15) is 0 Å². The van der Waals surface area contributed by atoms with Crippen molar-refractivity contribution in [1.82, 2.24) is 0 Å². The number of carbonyl (C=O) groups is 1. The Kier molecular flexibility index (Phi) is 7.85. The normalized spacial score (nSPS) is 19.6. The number of fused-ring (bicyclic) bond motifs is 3. The van der Waals surface area contributed by atoms with Crippen molar-refractivity contribution >= 4 is 5.97 Å². The summed E-state index contributed by atoms with van der Waals surface area (Å²) in [5.41, 5.74) is 2.59. The Labute approximate surface area is 206 Å². The second kappa shape index (κ2) is 10.5. The van der Waals surface area contributed by atoms with Crippen LogP contribution in [0.2, 0.25) is 0 Å². The Bertz CT molecular complexity index is 1150. The van der Waals surface area contributed by atoms with Crippen LogP contribution >= 0.6 is 0 Å². The van der Waals surface area contributed by atoms with Crippen molar-refractivity contribution in [2.45, 2.75) is 40.2 Å². The molecule has 35 heavy (non-hydrogen) atoms. The predicted octanol–water partition coefficient (Wildman–Crippen LogP) is 4.83.